The molecule has 1 atom stereocenters. The van der Waals surface area contributed by atoms with Crippen LogP contribution in [0.25, 0.3) is 0 Å². The van der Waals surface area contributed by atoms with Crippen molar-refractivity contribution in [2.45, 2.75) is 73.1 Å². The molecule has 0 spiro atoms. The van der Waals surface area contributed by atoms with Crippen molar-refractivity contribution >= 4 is 0 Å². The molecule has 0 radical (unpaired) electrons. The summed E-state index contributed by atoms with van der Waals surface area (Å²) in [5.41, 5.74) is 10.9. The van der Waals surface area contributed by atoms with E-state index in [0.29, 0.717) is 23.7 Å². The van der Waals surface area contributed by atoms with E-state index >= 15 is 0 Å². The van der Waals surface area contributed by atoms with Crippen LogP contribution in [-0.4, -0.2) is 15.3 Å². The van der Waals surface area contributed by atoms with Crippen molar-refractivity contribution in [2.75, 3.05) is 0 Å². The zero-order chi connectivity index (χ0) is 27.9. The van der Waals surface area contributed by atoms with Gasteiger partial charge in [-0.1, -0.05) is 81.4 Å². The summed E-state index contributed by atoms with van der Waals surface area (Å²) in [7, 11) is 0. The number of rotatable bonds is 6. The van der Waals surface area contributed by atoms with E-state index in [1.807, 2.05) is 46.8 Å². The van der Waals surface area contributed by atoms with Gasteiger partial charge in [-0.05, 0) is 95.8 Å². The Morgan fingerprint density at radius 2 is 1.05 bits per heavy atom. The highest BCUT2D eigenvalue weighted by molar-refractivity contribution is 5.51. The Balaban J connectivity index is 1.63. The number of hydrogen-bond acceptors (Lipinski definition) is 3. The molecule has 0 fully saturated rings. The van der Waals surface area contributed by atoms with Gasteiger partial charge >= 0.3 is 0 Å². The third kappa shape index (κ3) is 5.15. The lowest BCUT2D eigenvalue weighted by Crippen LogP contribution is -2.19. The highest BCUT2D eigenvalue weighted by atomic mass is 16.3. The molecule has 0 aliphatic heterocycles. The average molecular weight is 509 g/mol. The number of aromatic hydroxyl groups is 3. The molecule has 0 saturated carbocycles. The molecule has 0 bridgehead atoms. The summed E-state index contributed by atoms with van der Waals surface area (Å²) in [5.74, 6) is 1.19. The van der Waals surface area contributed by atoms with Crippen molar-refractivity contribution < 1.29 is 15.3 Å². The van der Waals surface area contributed by atoms with E-state index in [9.17, 15) is 15.3 Å². The van der Waals surface area contributed by atoms with Crippen LogP contribution in [0.4, 0.5) is 0 Å². The minimum absolute atomic E-state index is 0.159. The predicted octanol–water partition coefficient (Wildman–Crippen LogP) is 8.41. The SMILES string of the molecule is Cc1cc(Cc2cc(C(C)c3ccc(C(C)(C)c4cc(C)c(O)c(C)c4)cc3)cc(C)c2O)cc(C)c1O. The van der Waals surface area contributed by atoms with Crippen molar-refractivity contribution in [1.29, 1.82) is 0 Å². The Morgan fingerprint density at radius 3 is 1.58 bits per heavy atom. The van der Waals surface area contributed by atoms with Crippen LogP contribution >= 0.6 is 0 Å². The quantitative estimate of drug-likeness (QED) is 0.245. The Labute approximate surface area is 227 Å². The molecule has 3 nitrogen and oxygen atoms in total. The van der Waals surface area contributed by atoms with Crippen molar-refractivity contribution in [2.24, 2.45) is 0 Å². The summed E-state index contributed by atoms with van der Waals surface area (Å²) >= 11 is 0. The van der Waals surface area contributed by atoms with Crippen LogP contribution in [0.1, 0.15) is 87.9 Å². The largest absolute Gasteiger partial charge is 0.507 e. The van der Waals surface area contributed by atoms with Gasteiger partial charge in [-0.3, -0.25) is 0 Å². The van der Waals surface area contributed by atoms with Crippen LogP contribution in [0.15, 0.2) is 60.7 Å². The Morgan fingerprint density at radius 1 is 0.579 bits per heavy atom. The fraction of sp³-hybridized carbons (Fsp3) is 0.314. The summed E-state index contributed by atoms with van der Waals surface area (Å²) in [6, 6.07) is 21.2. The molecule has 0 amide bonds. The second kappa shape index (κ2) is 10.2. The predicted molar refractivity (Wildman–Crippen MR) is 157 cm³/mol. The van der Waals surface area contributed by atoms with Gasteiger partial charge in [0.1, 0.15) is 17.2 Å². The van der Waals surface area contributed by atoms with E-state index in [4.69, 9.17) is 0 Å². The third-order valence-electron chi connectivity index (χ3n) is 8.19. The summed E-state index contributed by atoms with van der Waals surface area (Å²) in [4.78, 5) is 0. The van der Waals surface area contributed by atoms with E-state index < -0.39 is 0 Å². The number of aryl methyl sites for hydroxylation is 5. The molecule has 4 aromatic carbocycles. The van der Waals surface area contributed by atoms with Crippen LogP contribution in [0.5, 0.6) is 17.2 Å². The lowest BCUT2D eigenvalue weighted by atomic mass is 9.76. The molecule has 0 aliphatic rings. The van der Waals surface area contributed by atoms with Gasteiger partial charge < -0.3 is 15.3 Å². The number of phenols is 3. The van der Waals surface area contributed by atoms with Gasteiger partial charge in [0.15, 0.2) is 0 Å². The van der Waals surface area contributed by atoms with Crippen LogP contribution < -0.4 is 0 Å². The first-order valence-corrected chi connectivity index (χ1v) is 13.3. The monoisotopic (exact) mass is 508 g/mol. The molecule has 4 aromatic rings. The minimum Gasteiger partial charge on any atom is -0.507 e. The topological polar surface area (TPSA) is 60.7 Å². The first-order valence-electron chi connectivity index (χ1n) is 13.3. The van der Waals surface area contributed by atoms with Crippen LogP contribution in [0, 0.1) is 34.6 Å². The fourth-order valence-corrected chi connectivity index (χ4v) is 5.50. The minimum atomic E-state index is -0.201. The molecule has 0 saturated heterocycles. The first kappa shape index (κ1) is 27.3. The second-order valence-electron chi connectivity index (χ2n) is 11.5. The van der Waals surface area contributed by atoms with Crippen LogP contribution in [0.2, 0.25) is 0 Å². The second-order valence-corrected chi connectivity index (χ2v) is 11.5. The van der Waals surface area contributed by atoms with E-state index in [2.05, 4.69) is 69.3 Å². The number of benzene rings is 4. The lowest BCUT2D eigenvalue weighted by Gasteiger charge is -2.28. The van der Waals surface area contributed by atoms with Gasteiger partial charge in [0, 0.05) is 17.8 Å². The van der Waals surface area contributed by atoms with Gasteiger partial charge in [-0.15, -0.1) is 0 Å². The molecular formula is C35H40O3. The highest BCUT2D eigenvalue weighted by Gasteiger charge is 2.25. The number of hydrogen-bond donors (Lipinski definition) is 3. The smallest absolute Gasteiger partial charge is 0.122 e. The van der Waals surface area contributed by atoms with Gasteiger partial charge in [0.25, 0.3) is 0 Å². The van der Waals surface area contributed by atoms with Crippen molar-refractivity contribution in [3.8, 4) is 17.2 Å². The standard InChI is InChI=1S/C35H40O3/c1-20-13-26(14-21(2)32(20)36)18-29-19-28(15-22(3)34(29)38)25(6)27-9-11-30(12-10-27)35(7,8)31-16-23(4)33(37)24(5)17-31/h9-17,19,25,36-38H,18H2,1-8H3. The molecule has 3 N–H and O–H groups in total. The van der Waals surface area contributed by atoms with Gasteiger partial charge in [-0.25, -0.2) is 0 Å². The summed E-state index contributed by atoms with van der Waals surface area (Å²) in [5, 5.41) is 31.2. The van der Waals surface area contributed by atoms with E-state index in [0.717, 1.165) is 38.9 Å². The molecule has 198 valence electrons. The molecule has 4 rings (SSSR count). The van der Waals surface area contributed by atoms with Gasteiger partial charge in [0.05, 0.1) is 0 Å². The summed E-state index contributed by atoms with van der Waals surface area (Å²) < 4.78 is 0. The van der Waals surface area contributed by atoms with Crippen molar-refractivity contribution in [1.82, 2.24) is 0 Å². The number of phenolic OH excluding ortho intramolecular Hbond substituents is 3. The third-order valence-corrected chi connectivity index (χ3v) is 8.19. The maximum Gasteiger partial charge on any atom is 0.122 e. The first-order chi connectivity index (χ1) is 17.8. The molecule has 0 aromatic heterocycles. The maximum absolute atomic E-state index is 10.9. The summed E-state index contributed by atoms with van der Waals surface area (Å²) in [6.45, 7) is 16.3. The zero-order valence-electron chi connectivity index (χ0n) is 23.9. The summed E-state index contributed by atoms with van der Waals surface area (Å²) in [6.07, 6.45) is 0.605. The van der Waals surface area contributed by atoms with Gasteiger partial charge in [0.2, 0.25) is 0 Å². The zero-order valence-corrected chi connectivity index (χ0v) is 23.9. The maximum atomic E-state index is 10.9. The Hall–Kier alpha value is -3.72. The molecule has 0 aliphatic carbocycles. The van der Waals surface area contributed by atoms with Crippen molar-refractivity contribution in [3.63, 3.8) is 0 Å². The van der Waals surface area contributed by atoms with Crippen LogP contribution in [-0.2, 0) is 11.8 Å². The Bertz CT molecular complexity index is 1450. The molecule has 1 unspecified atom stereocenters. The van der Waals surface area contributed by atoms with Crippen LogP contribution in [0.3, 0.4) is 0 Å². The highest BCUT2D eigenvalue weighted by Crippen LogP contribution is 2.37. The lowest BCUT2D eigenvalue weighted by molar-refractivity contribution is 0.464. The molecule has 0 heterocycles. The normalized spacial score (nSPS) is 12.5. The van der Waals surface area contributed by atoms with E-state index in [1.54, 1.807) is 0 Å². The Kier molecular flexibility index (Phi) is 7.34. The molecule has 38 heavy (non-hydrogen) atoms. The van der Waals surface area contributed by atoms with Crippen molar-refractivity contribution in [3.05, 3.63) is 122 Å². The fourth-order valence-electron chi connectivity index (χ4n) is 5.50. The molecular weight excluding hydrogens is 468 g/mol. The average Bonchev–Trinajstić information content (AvgIpc) is 2.87. The van der Waals surface area contributed by atoms with E-state index in [1.165, 1.54) is 22.3 Å². The molecule has 3 heteroatoms. The van der Waals surface area contributed by atoms with Gasteiger partial charge in [-0.2, -0.15) is 0 Å². The van der Waals surface area contributed by atoms with E-state index in [-0.39, 0.29) is 11.3 Å².